The van der Waals surface area contributed by atoms with Crippen molar-refractivity contribution in [2.24, 2.45) is 13.0 Å². The third kappa shape index (κ3) is 3.33. The zero-order valence-electron chi connectivity index (χ0n) is 16.4. The van der Waals surface area contributed by atoms with Crippen LogP contribution in [0, 0.1) is 5.92 Å². The summed E-state index contributed by atoms with van der Waals surface area (Å²) in [6.45, 7) is 4.41. The predicted molar refractivity (Wildman–Crippen MR) is 114 cm³/mol. The zero-order chi connectivity index (χ0) is 19.7. The average molecular weight is 372 g/mol. The standard InChI is InChI=1S/C24H24N2O2/c1-16(2)17-7-6-8-18(12-11-17)28-22-10-5-4-9-19(22)21-15-26(3)24(27)23-20(21)13-14-25-23/h4-6,8-16,25H,7H2,1-3H3. The van der Waals surface area contributed by atoms with Crippen LogP contribution in [0.1, 0.15) is 20.3 Å². The van der Waals surface area contributed by atoms with Crippen LogP contribution < -0.4 is 10.3 Å². The Kier molecular flexibility index (Phi) is 4.78. The molecule has 1 aliphatic carbocycles. The van der Waals surface area contributed by atoms with Gasteiger partial charge in [-0.25, -0.2) is 0 Å². The van der Waals surface area contributed by atoms with Gasteiger partial charge >= 0.3 is 0 Å². The van der Waals surface area contributed by atoms with E-state index in [4.69, 9.17) is 4.74 Å². The summed E-state index contributed by atoms with van der Waals surface area (Å²) < 4.78 is 7.88. The van der Waals surface area contributed by atoms with E-state index in [0.717, 1.165) is 34.4 Å². The van der Waals surface area contributed by atoms with E-state index in [9.17, 15) is 4.79 Å². The van der Waals surface area contributed by atoms with Crippen LogP contribution in [0.3, 0.4) is 0 Å². The Bertz CT molecular complexity index is 1170. The lowest BCUT2D eigenvalue weighted by Crippen LogP contribution is -2.16. The number of benzene rings is 1. The summed E-state index contributed by atoms with van der Waals surface area (Å²) in [5.41, 5.74) is 3.87. The Morgan fingerprint density at radius 3 is 2.75 bits per heavy atom. The highest BCUT2D eigenvalue weighted by molar-refractivity contribution is 5.95. The number of hydrogen-bond donors (Lipinski definition) is 1. The minimum atomic E-state index is -0.0390. The molecule has 0 unspecified atom stereocenters. The molecule has 2 aromatic heterocycles. The first kappa shape index (κ1) is 18.1. The molecule has 0 atom stereocenters. The first-order valence-corrected chi connectivity index (χ1v) is 9.56. The number of nitrogens with one attached hydrogen (secondary N) is 1. The number of rotatable bonds is 4. The molecule has 1 N–H and O–H groups in total. The number of para-hydroxylation sites is 1. The maximum Gasteiger partial charge on any atom is 0.274 e. The van der Waals surface area contributed by atoms with Crippen molar-refractivity contribution in [3.05, 3.63) is 88.7 Å². The SMILES string of the molecule is CC(C)C1=CC=C(Oc2ccccc2-c2cn(C)c(=O)c3[nH]ccc23)C=CC1. The van der Waals surface area contributed by atoms with Crippen LogP contribution in [0.5, 0.6) is 5.75 Å². The fourth-order valence-corrected chi connectivity index (χ4v) is 3.51. The molecule has 0 radical (unpaired) electrons. The molecule has 0 spiro atoms. The minimum absolute atomic E-state index is 0.0390. The molecule has 28 heavy (non-hydrogen) atoms. The van der Waals surface area contributed by atoms with Gasteiger partial charge in [0.15, 0.2) is 0 Å². The Balaban J connectivity index is 1.78. The normalized spacial score (nSPS) is 14.1. The molecule has 0 aliphatic heterocycles. The number of allylic oxidation sites excluding steroid dienone is 5. The number of aryl methyl sites for hydroxylation is 1. The fourth-order valence-electron chi connectivity index (χ4n) is 3.51. The first-order chi connectivity index (χ1) is 13.5. The second-order valence-electron chi connectivity index (χ2n) is 7.40. The number of H-pyrrole nitrogens is 1. The summed E-state index contributed by atoms with van der Waals surface area (Å²) in [6.07, 6.45) is 13.0. The van der Waals surface area contributed by atoms with Crippen molar-refractivity contribution in [3.8, 4) is 16.9 Å². The lowest BCUT2D eigenvalue weighted by Gasteiger charge is -2.13. The Morgan fingerprint density at radius 1 is 1.11 bits per heavy atom. The van der Waals surface area contributed by atoms with E-state index < -0.39 is 0 Å². The predicted octanol–water partition coefficient (Wildman–Crippen LogP) is 5.34. The van der Waals surface area contributed by atoms with Crippen LogP contribution in [0.2, 0.25) is 0 Å². The van der Waals surface area contributed by atoms with Crippen LogP contribution >= 0.6 is 0 Å². The lowest BCUT2D eigenvalue weighted by molar-refractivity contribution is 0.446. The molecular formula is C24H24N2O2. The first-order valence-electron chi connectivity index (χ1n) is 9.56. The van der Waals surface area contributed by atoms with Crippen LogP contribution in [0.25, 0.3) is 22.0 Å². The minimum Gasteiger partial charge on any atom is -0.457 e. The monoisotopic (exact) mass is 372 g/mol. The van der Waals surface area contributed by atoms with Gasteiger partial charge in [0.05, 0.1) is 0 Å². The van der Waals surface area contributed by atoms with Gasteiger partial charge in [-0.3, -0.25) is 4.79 Å². The maximum absolute atomic E-state index is 12.4. The van der Waals surface area contributed by atoms with Crippen LogP contribution in [0.4, 0.5) is 0 Å². The summed E-state index contributed by atoms with van der Waals surface area (Å²) in [5.74, 6) is 2.08. The van der Waals surface area contributed by atoms with E-state index in [1.807, 2.05) is 48.7 Å². The topological polar surface area (TPSA) is 47.0 Å². The van der Waals surface area contributed by atoms with Gasteiger partial charge in [0.2, 0.25) is 0 Å². The average Bonchev–Trinajstić information content (AvgIpc) is 3.06. The van der Waals surface area contributed by atoms with Gasteiger partial charge in [-0.1, -0.05) is 49.8 Å². The number of aromatic amines is 1. The Labute approximate surface area is 164 Å². The van der Waals surface area contributed by atoms with Crippen LogP contribution in [-0.4, -0.2) is 9.55 Å². The van der Waals surface area contributed by atoms with E-state index in [1.54, 1.807) is 17.8 Å². The molecule has 1 aliphatic rings. The number of aromatic nitrogens is 2. The lowest BCUT2D eigenvalue weighted by atomic mass is 10.0. The molecule has 4 rings (SSSR count). The van der Waals surface area contributed by atoms with Crippen molar-refractivity contribution in [1.29, 1.82) is 0 Å². The molecule has 0 amide bonds. The highest BCUT2D eigenvalue weighted by atomic mass is 16.5. The molecule has 2 heterocycles. The van der Waals surface area contributed by atoms with Crippen LogP contribution in [0.15, 0.2) is 83.2 Å². The van der Waals surface area contributed by atoms with Gasteiger partial charge in [-0.2, -0.15) is 0 Å². The van der Waals surface area contributed by atoms with E-state index in [-0.39, 0.29) is 5.56 Å². The fraction of sp³-hybridized carbons (Fsp3) is 0.208. The smallest absolute Gasteiger partial charge is 0.274 e. The number of pyridine rings is 1. The summed E-state index contributed by atoms with van der Waals surface area (Å²) in [6, 6.07) is 9.88. The molecule has 0 saturated carbocycles. The van der Waals surface area contributed by atoms with E-state index in [2.05, 4.69) is 31.0 Å². The molecule has 0 bridgehead atoms. The Hall–Kier alpha value is -3.27. The molecule has 4 heteroatoms. The van der Waals surface area contributed by atoms with Gasteiger partial charge in [-0.05, 0) is 36.6 Å². The third-order valence-corrected chi connectivity index (χ3v) is 5.14. The highest BCUT2D eigenvalue weighted by Crippen LogP contribution is 2.35. The van der Waals surface area contributed by atoms with Crippen molar-refractivity contribution >= 4 is 10.9 Å². The highest BCUT2D eigenvalue weighted by Gasteiger charge is 2.14. The molecule has 1 aromatic carbocycles. The molecule has 142 valence electrons. The summed E-state index contributed by atoms with van der Waals surface area (Å²) in [4.78, 5) is 15.4. The van der Waals surface area contributed by atoms with E-state index in [1.165, 1.54) is 5.57 Å². The number of hydrogen-bond acceptors (Lipinski definition) is 2. The van der Waals surface area contributed by atoms with Crippen molar-refractivity contribution in [2.75, 3.05) is 0 Å². The molecule has 3 aromatic rings. The summed E-state index contributed by atoms with van der Waals surface area (Å²) in [5, 5.41) is 0.895. The largest absolute Gasteiger partial charge is 0.457 e. The number of nitrogens with zero attached hydrogens (tertiary/aromatic N) is 1. The van der Waals surface area contributed by atoms with Gasteiger partial charge in [0.1, 0.15) is 17.0 Å². The van der Waals surface area contributed by atoms with Crippen molar-refractivity contribution in [1.82, 2.24) is 9.55 Å². The van der Waals surface area contributed by atoms with Crippen molar-refractivity contribution in [2.45, 2.75) is 20.3 Å². The van der Waals surface area contributed by atoms with Crippen LogP contribution in [-0.2, 0) is 7.05 Å². The number of fused-ring (bicyclic) bond motifs is 1. The molecule has 4 nitrogen and oxygen atoms in total. The van der Waals surface area contributed by atoms with E-state index >= 15 is 0 Å². The summed E-state index contributed by atoms with van der Waals surface area (Å²) >= 11 is 0. The molecule has 0 fully saturated rings. The number of ether oxygens (including phenoxy) is 1. The van der Waals surface area contributed by atoms with E-state index in [0.29, 0.717) is 11.4 Å². The van der Waals surface area contributed by atoms with Gasteiger partial charge in [0.25, 0.3) is 5.56 Å². The maximum atomic E-state index is 12.4. The van der Waals surface area contributed by atoms with Gasteiger partial charge in [0, 0.05) is 36.0 Å². The quantitative estimate of drug-likeness (QED) is 0.672. The summed E-state index contributed by atoms with van der Waals surface area (Å²) in [7, 11) is 1.77. The van der Waals surface area contributed by atoms with Crippen molar-refractivity contribution in [3.63, 3.8) is 0 Å². The van der Waals surface area contributed by atoms with Crippen molar-refractivity contribution < 1.29 is 4.74 Å². The Morgan fingerprint density at radius 2 is 1.93 bits per heavy atom. The molecule has 0 saturated heterocycles. The van der Waals surface area contributed by atoms with Gasteiger partial charge in [-0.15, -0.1) is 0 Å². The molecular weight excluding hydrogens is 348 g/mol. The zero-order valence-corrected chi connectivity index (χ0v) is 16.4. The second kappa shape index (κ2) is 7.39. The third-order valence-electron chi connectivity index (χ3n) is 5.14. The van der Waals surface area contributed by atoms with Gasteiger partial charge < -0.3 is 14.3 Å². The second-order valence-corrected chi connectivity index (χ2v) is 7.40.